The number of nitrogens with one attached hydrogen (secondary N) is 1. The minimum absolute atomic E-state index is 0.190. The molecule has 0 aromatic carbocycles. The third-order valence-electron chi connectivity index (χ3n) is 2.77. The highest BCUT2D eigenvalue weighted by atomic mass is 16.5. The molecule has 1 unspecified atom stereocenters. The molecule has 6 heteroatoms. The molecular formula is C12H22N4O2. The largest absolute Gasteiger partial charge is 0.395 e. The number of aryl methyl sites for hydroxylation is 2. The number of nitrogens with two attached hydrogens (primary N) is 1. The summed E-state index contributed by atoms with van der Waals surface area (Å²) < 4.78 is 6.55. The van der Waals surface area contributed by atoms with Crippen molar-refractivity contribution in [3.05, 3.63) is 11.4 Å². The standard InChI is InChI=1S/C12H22N4O2/c1-5-9-10(13)11(16(3)15-9)12(17)14-6-8(2)7-18-4/h8H,5-7,13H2,1-4H3,(H,14,17). The number of ether oxygens (including phenoxy) is 1. The van der Waals surface area contributed by atoms with Gasteiger partial charge in [-0.05, 0) is 12.3 Å². The Balaban J connectivity index is 2.70. The summed E-state index contributed by atoms with van der Waals surface area (Å²) >= 11 is 0. The van der Waals surface area contributed by atoms with Gasteiger partial charge in [0.1, 0.15) is 5.69 Å². The van der Waals surface area contributed by atoms with Gasteiger partial charge in [-0.15, -0.1) is 0 Å². The first kappa shape index (κ1) is 14.5. The second-order valence-electron chi connectivity index (χ2n) is 4.46. The molecule has 1 atom stereocenters. The first-order valence-corrected chi connectivity index (χ1v) is 6.09. The maximum Gasteiger partial charge on any atom is 0.271 e. The Morgan fingerprint density at radius 2 is 2.28 bits per heavy atom. The Bertz CT molecular complexity index is 414. The second kappa shape index (κ2) is 6.39. The third kappa shape index (κ3) is 3.22. The number of rotatable bonds is 6. The van der Waals surface area contributed by atoms with Gasteiger partial charge in [0.05, 0.1) is 18.0 Å². The highest BCUT2D eigenvalue weighted by molar-refractivity contribution is 5.97. The average Bonchev–Trinajstić information content (AvgIpc) is 2.61. The number of anilines is 1. The number of nitrogens with zero attached hydrogens (tertiary/aromatic N) is 2. The molecule has 0 aliphatic carbocycles. The van der Waals surface area contributed by atoms with Gasteiger partial charge in [0, 0.05) is 20.7 Å². The predicted molar refractivity (Wildman–Crippen MR) is 70.4 cm³/mol. The lowest BCUT2D eigenvalue weighted by Crippen LogP contribution is -2.31. The molecule has 0 bridgehead atoms. The summed E-state index contributed by atoms with van der Waals surface area (Å²) in [6.45, 7) is 5.13. The number of carbonyl (C=O) groups excluding carboxylic acids is 1. The molecule has 18 heavy (non-hydrogen) atoms. The van der Waals surface area contributed by atoms with Crippen LogP contribution in [-0.2, 0) is 18.2 Å². The van der Waals surface area contributed by atoms with Gasteiger partial charge in [-0.3, -0.25) is 9.48 Å². The molecule has 0 radical (unpaired) electrons. The topological polar surface area (TPSA) is 82.2 Å². The lowest BCUT2D eigenvalue weighted by molar-refractivity contribution is 0.0925. The van der Waals surface area contributed by atoms with Crippen molar-refractivity contribution in [2.24, 2.45) is 13.0 Å². The first-order chi connectivity index (χ1) is 8.51. The lowest BCUT2D eigenvalue weighted by Gasteiger charge is -2.11. The number of amides is 1. The van der Waals surface area contributed by atoms with Crippen LogP contribution in [-0.4, -0.2) is 35.9 Å². The number of hydrogen-bond donors (Lipinski definition) is 2. The second-order valence-corrected chi connectivity index (χ2v) is 4.46. The molecule has 1 aromatic rings. The number of methoxy groups -OCH3 is 1. The number of aromatic nitrogens is 2. The van der Waals surface area contributed by atoms with Gasteiger partial charge in [0.25, 0.3) is 5.91 Å². The highest BCUT2D eigenvalue weighted by Crippen LogP contribution is 2.16. The van der Waals surface area contributed by atoms with Crippen LogP contribution in [0.3, 0.4) is 0 Å². The minimum atomic E-state index is -0.190. The number of carbonyl (C=O) groups is 1. The summed E-state index contributed by atoms with van der Waals surface area (Å²) in [5, 5.41) is 7.06. The van der Waals surface area contributed by atoms with Crippen molar-refractivity contribution in [1.29, 1.82) is 0 Å². The Morgan fingerprint density at radius 3 is 2.78 bits per heavy atom. The average molecular weight is 254 g/mol. The van der Waals surface area contributed by atoms with E-state index in [1.165, 1.54) is 4.68 Å². The highest BCUT2D eigenvalue weighted by Gasteiger charge is 2.19. The van der Waals surface area contributed by atoms with Crippen LogP contribution in [0.5, 0.6) is 0 Å². The molecule has 0 saturated heterocycles. The van der Waals surface area contributed by atoms with Crippen molar-refractivity contribution in [3.8, 4) is 0 Å². The van der Waals surface area contributed by atoms with E-state index in [0.29, 0.717) is 31.0 Å². The zero-order chi connectivity index (χ0) is 13.7. The predicted octanol–water partition coefficient (Wildman–Crippen LogP) is 0.577. The summed E-state index contributed by atoms with van der Waals surface area (Å²) in [6, 6.07) is 0. The van der Waals surface area contributed by atoms with Crippen LogP contribution in [0.4, 0.5) is 5.69 Å². The van der Waals surface area contributed by atoms with Gasteiger partial charge in [-0.25, -0.2) is 0 Å². The van der Waals surface area contributed by atoms with Crippen LogP contribution in [0.15, 0.2) is 0 Å². The van der Waals surface area contributed by atoms with Crippen molar-refractivity contribution in [2.75, 3.05) is 26.0 Å². The van der Waals surface area contributed by atoms with Crippen LogP contribution in [0.1, 0.15) is 30.0 Å². The van der Waals surface area contributed by atoms with E-state index in [9.17, 15) is 4.79 Å². The van der Waals surface area contributed by atoms with Crippen LogP contribution in [0.2, 0.25) is 0 Å². The fourth-order valence-corrected chi connectivity index (χ4v) is 1.82. The quantitative estimate of drug-likeness (QED) is 0.778. The smallest absolute Gasteiger partial charge is 0.271 e. The van der Waals surface area contributed by atoms with Crippen LogP contribution >= 0.6 is 0 Å². The molecule has 1 aromatic heterocycles. The molecule has 1 amide bonds. The van der Waals surface area contributed by atoms with E-state index in [4.69, 9.17) is 10.5 Å². The monoisotopic (exact) mass is 254 g/mol. The minimum Gasteiger partial charge on any atom is -0.395 e. The Morgan fingerprint density at radius 1 is 1.61 bits per heavy atom. The van der Waals surface area contributed by atoms with E-state index >= 15 is 0 Å². The fourth-order valence-electron chi connectivity index (χ4n) is 1.82. The Labute approximate surface area is 107 Å². The zero-order valence-corrected chi connectivity index (χ0v) is 11.5. The van der Waals surface area contributed by atoms with E-state index in [0.717, 1.165) is 5.69 Å². The molecule has 6 nitrogen and oxygen atoms in total. The fraction of sp³-hybridized carbons (Fsp3) is 0.667. The lowest BCUT2D eigenvalue weighted by atomic mass is 10.2. The van der Waals surface area contributed by atoms with Crippen molar-refractivity contribution < 1.29 is 9.53 Å². The van der Waals surface area contributed by atoms with Gasteiger partial charge in [-0.1, -0.05) is 13.8 Å². The third-order valence-corrected chi connectivity index (χ3v) is 2.77. The Kier molecular flexibility index (Phi) is 5.15. The van der Waals surface area contributed by atoms with Gasteiger partial charge < -0.3 is 15.8 Å². The van der Waals surface area contributed by atoms with E-state index in [2.05, 4.69) is 10.4 Å². The molecule has 0 aliphatic heterocycles. The van der Waals surface area contributed by atoms with Crippen molar-refractivity contribution in [2.45, 2.75) is 20.3 Å². The molecule has 0 spiro atoms. The van der Waals surface area contributed by atoms with Gasteiger partial charge in [-0.2, -0.15) is 5.10 Å². The summed E-state index contributed by atoms with van der Waals surface area (Å²) in [7, 11) is 3.37. The molecule has 102 valence electrons. The maximum absolute atomic E-state index is 12.0. The molecule has 1 rings (SSSR count). The van der Waals surface area contributed by atoms with E-state index in [1.807, 2.05) is 13.8 Å². The van der Waals surface area contributed by atoms with Crippen molar-refractivity contribution >= 4 is 11.6 Å². The van der Waals surface area contributed by atoms with E-state index < -0.39 is 0 Å². The molecule has 0 fully saturated rings. The van der Waals surface area contributed by atoms with Crippen LogP contribution in [0, 0.1) is 5.92 Å². The Hall–Kier alpha value is -1.56. The van der Waals surface area contributed by atoms with E-state index in [-0.39, 0.29) is 11.8 Å². The van der Waals surface area contributed by atoms with Gasteiger partial charge >= 0.3 is 0 Å². The molecule has 1 heterocycles. The molecule has 0 aliphatic rings. The maximum atomic E-state index is 12.0. The molecular weight excluding hydrogens is 232 g/mol. The SMILES string of the molecule is CCc1nn(C)c(C(=O)NCC(C)COC)c1N. The number of nitrogen functional groups attached to an aromatic ring is 1. The van der Waals surface area contributed by atoms with Crippen molar-refractivity contribution in [3.63, 3.8) is 0 Å². The molecule has 3 N–H and O–H groups in total. The summed E-state index contributed by atoms with van der Waals surface area (Å²) in [5.41, 5.74) is 7.57. The summed E-state index contributed by atoms with van der Waals surface area (Å²) in [5.74, 6) is 0.0733. The first-order valence-electron chi connectivity index (χ1n) is 6.09. The van der Waals surface area contributed by atoms with Crippen LogP contribution in [0.25, 0.3) is 0 Å². The number of hydrogen-bond acceptors (Lipinski definition) is 4. The van der Waals surface area contributed by atoms with Gasteiger partial charge in [0.15, 0.2) is 0 Å². The van der Waals surface area contributed by atoms with Crippen LogP contribution < -0.4 is 11.1 Å². The van der Waals surface area contributed by atoms with Crippen molar-refractivity contribution in [1.82, 2.24) is 15.1 Å². The summed E-state index contributed by atoms with van der Waals surface area (Å²) in [6.07, 6.45) is 0.715. The normalized spacial score (nSPS) is 12.4. The van der Waals surface area contributed by atoms with E-state index in [1.54, 1.807) is 14.2 Å². The van der Waals surface area contributed by atoms with Gasteiger partial charge in [0.2, 0.25) is 0 Å². The molecule has 0 saturated carbocycles. The zero-order valence-electron chi connectivity index (χ0n) is 11.5. The summed E-state index contributed by atoms with van der Waals surface area (Å²) in [4.78, 5) is 12.0.